The summed E-state index contributed by atoms with van der Waals surface area (Å²) in [6.07, 6.45) is 2.85. The number of hydrogen-bond acceptors (Lipinski definition) is 6. The smallest absolute Gasteiger partial charge is 0.221 e. The number of rotatable bonds is 2. The molecule has 2 aromatic heterocycles. The summed E-state index contributed by atoms with van der Waals surface area (Å²) in [6.45, 7) is 6.40. The van der Waals surface area contributed by atoms with Crippen LogP contribution in [0.4, 0.5) is 11.6 Å². The average molecular weight is 334 g/mol. The molecule has 0 radical (unpaired) electrons. The number of nitrogens with zero attached hydrogens (tertiary/aromatic N) is 4. The molecular weight excluding hydrogens is 312 g/mol. The Morgan fingerprint density at radius 1 is 1.16 bits per heavy atom. The summed E-state index contributed by atoms with van der Waals surface area (Å²) in [5, 5.41) is 0.829. The van der Waals surface area contributed by atoms with E-state index in [1.54, 1.807) is 0 Å². The topological polar surface area (TPSA) is 94.0 Å². The van der Waals surface area contributed by atoms with Crippen molar-refractivity contribution in [2.24, 2.45) is 0 Å². The Hall–Kier alpha value is -2.73. The van der Waals surface area contributed by atoms with Crippen molar-refractivity contribution in [1.82, 2.24) is 19.9 Å². The highest BCUT2D eigenvalue weighted by Crippen LogP contribution is 2.32. The summed E-state index contributed by atoms with van der Waals surface area (Å²) in [5.41, 5.74) is 17.6. The van der Waals surface area contributed by atoms with Crippen LogP contribution in [0.2, 0.25) is 0 Å². The zero-order valence-electron chi connectivity index (χ0n) is 14.5. The summed E-state index contributed by atoms with van der Waals surface area (Å²) in [4.78, 5) is 15.9. The predicted molar refractivity (Wildman–Crippen MR) is 101 cm³/mol. The third-order valence-corrected chi connectivity index (χ3v) is 4.85. The molecule has 3 heterocycles. The molecule has 0 saturated carbocycles. The molecule has 25 heavy (non-hydrogen) atoms. The monoisotopic (exact) mass is 334 g/mol. The number of anilines is 2. The molecule has 0 unspecified atom stereocenters. The standard InChI is InChI=1S/C19H22N6/c1-11(2)25-7-6-15-13(10-25)8-12(9-22-15)18-17-14(20)4-3-5-16(17)23-19(21)24-18/h3-5,8-9,11H,6-7,10,20H2,1-2H3,(H2,21,23,24). The minimum atomic E-state index is 0.245. The molecule has 0 spiro atoms. The lowest BCUT2D eigenvalue weighted by Crippen LogP contribution is -2.36. The van der Waals surface area contributed by atoms with Crippen molar-refractivity contribution in [2.45, 2.75) is 32.9 Å². The zero-order chi connectivity index (χ0) is 17.6. The van der Waals surface area contributed by atoms with Crippen LogP contribution in [0.25, 0.3) is 22.2 Å². The number of fused-ring (bicyclic) bond motifs is 2. The van der Waals surface area contributed by atoms with Crippen molar-refractivity contribution in [2.75, 3.05) is 18.0 Å². The highest BCUT2D eigenvalue weighted by atomic mass is 15.2. The Bertz CT molecular complexity index is 950. The van der Waals surface area contributed by atoms with E-state index in [0.717, 1.165) is 41.7 Å². The minimum Gasteiger partial charge on any atom is -0.398 e. The van der Waals surface area contributed by atoms with Gasteiger partial charge < -0.3 is 11.5 Å². The van der Waals surface area contributed by atoms with Gasteiger partial charge in [-0.25, -0.2) is 9.97 Å². The van der Waals surface area contributed by atoms with E-state index in [2.05, 4.69) is 39.8 Å². The molecule has 128 valence electrons. The lowest BCUT2D eigenvalue weighted by atomic mass is 9.99. The number of nitrogens with two attached hydrogens (primary N) is 2. The number of hydrogen-bond donors (Lipinski definition) is 2. The van der Waals surface area contributed by atoms with Crippen LogP contribution in [0.1, 0.15) is 25.1 Å². The molecule has 0 fully saturated rings. The zero-order valence-corrected chi connectivity index (χ0v) is 14.5. The third kappa shape index (κ3) is 2.78. The molecular formula is C19H22N6. The molecule has 0 bridgehead atoms. The lowest BCUT2D eigenvalue weighted by Gasteiger charge is -2.31. The molecule has 0 atom stereocenters. The van der Waals surface area contributed by atoms with Crippen molar-refractivity contribution >= 4 is 22.5 Å². The van der Waals surface area contributed by atoms with Crippen molar-refractivity contribution in [3.8, 4) is 11.3 Å². The largest absolute Gasteiger partial charge is 0.398 e. The first-order valence-electron chi connectivity index (χ1n) is 8.57. The van der Waals surface area contributed by atoms with Gasteiger partial charge in [-0.1, -0.05) is 6.07 Å². The van der Waals surface area contributed by atoms with E-state index in [-0.39, 0.29) is 5.95 Å². The lowest BCUT2D eigenvalue weighted by molar-refractivity contribution is 0.202. The summed E-state index contributed by atoms with van der Waals surface area (Å²) in [6, 6.07) is 8.32. The Labute approximate surface area is 146 Å². The maximum absolute atomic E-state index is 6.19. The van der Waals surface area contributed by atoms with Gasteiger partial charge in [0.25, 0.3) is 0 Å². The van der Waals surface area contributed by atoms with E-state index < -0.39 is 0 Å². The number of nitrogen functional groups attached to an aromatic ring is 2. The fourth-order valence-corrected chi connectivity index (χ4v) is 3.45. The maximum atomic E-state index is 6.19. The summed E-state index contributed by atoms with van der Waals surface area (Å²) in [7, 11) is 0. The average Bonchev–Trinajstić information content (AvgIpc) is 2.60. The van der Waals surface area contributed by atoms with Crippen LogP contribution in [0, 0.1) is 0 Å². The fraction of sp³-hybridized carbons (Fsp3) is 0.316. The quantitative estimate of drug-likeness (QED) is 0.700. The molecule has 4 rings (SSSR count). The van der Waals surface area contributed by atoms with Crippen LogP contribution >= 0.6 is 0 Å². The van der Waals surface area contributed by atoms with Crippen LogP contribution < -0.4 is 11.5 Å². The van der Waals surface area contributed by atoms with E-state index >= 15 is 0 Å². The highest BCUT2D eigenvalue weighted by molar-refractivity contribution is 6.01. The van der Waals surface area contributed by atoms with Gasteiger partial charge in [0.1, 0.15) is 0 Å². The molecule has 1 aliphatic rings. The van der Waals surface area contributed by atoms with E-state index in [0.29, 0.717) is 11.7 Å². The van der Waals surface area contributed by atoms with Crippen molar-refractivity contribution in [3.63, 3.8) is 0 Å². The van der Waals surface area contributed by atoms with Crippen molar-refractivity contribution < 1.29 is 0 Å². The molecule has 1 aliphatic heterocycles. The molecule has 6 nitrogen and oxygen atoms in total. The van der Waals surface area contributed by atoms with Crippen LogP contribution in [-0.4, -0.2) is 32.4 Å². The van der Waals surface area contributed by atoms with Gasteiger partial charge >= 0.3 is 0 Å². The normalized spacial score (nSPS) is 14.8. The van der Waals surface area contributed by atoms with Crippen LogP contribution in [0.5, 0.6) is 0 Å². The summed E-state index contributed by atoms with van der Waals surface area (Å²) in [5.74, 6) is 0.245. The van der Waals surface area contributed by atoms with E-state index in [9.17, 15) is 0 Å². The second-order valence-electron chi connectivity index (χ2n) is 6.82. The molecule has 0 saturated heterocycles. The van der Waals surface area contributed by atoms with Crippen LogP contribution in [0.15, 0.2) is 30.5 Å². The Morgan fingerprint density at radius 2 is 2.00 bits per heavy atom. The Morgan fingerprint density at radius 3 is 2.80 bits per heavy atom. The highest BCUT2D eigenvalue weighted by Gasteiger charge is 2.21. The van der Waals surface area contributed by atoms with Crippen molar-refractivity contribution in [1.29, 1.82) is 0 Å². The van der Waals surface area contributed by atoms with Gasteiger partial charge in [-0.15, -0.1) is 0 Å². The molecule has 3 aromatic rings. The van der Waals surface area contributed by atoms with E-state index in [4.69, 9.17) is 11.5 Å². The second kappa shape index (κ2) is 5.97. The fourth-order valence-electron chi connectivity index (χ4n) is 3.45. The number of aromatic nitrogens is 3. The van der Waals surface area contributed by atoms with Gasteiger partial charge in [-0.3, -0.25) is 9.88 Å². The Balaban J connectivity index is 1.86. The van der Waals surface area contributed by atoms with Crippen LogP contribution in [0.3, 0.4) is 0 Å². The first-order valence-corrected chi connectivity index (χ1v) is 8.57. The third-order valence-electron chi connectivity index (χ3n) is 4.85. The SMILES string of the molecule is CC(C)N1CCc2ncc(-c3nc(N)nc4cccc(N)c34)cc2C1. The molecule has 1 aromatic carbocycles. The molecule has 6 heteroatoms. The number of pyridine rings is 1. The van der Waals surface area contributed by atoms with Gasteiger partial charge in [0, 0.05) is 54.1 Å². The maximum Gasteiger partial charge on any atom is 0.221 e. The molecule has 4 N–H and O–H groups in total. The summed E-state index contributed by atoms with van der Waals surface area (Å²) >= 11 is 0. The second-order valence-corrected chi connectivity index (χ2v) is 6.82. The first-order chi connectivity index (χ1) is 12.0. The first kappa shape index (κ1) is 15.8. The number of benzene rings is 1. The van der Waals surface area contributed by atoms with Crippen molar-refractivity contribution in [3.05, 3.63) is 41.7 Å². The van der Waals surface area contributed by atoms with Crippen LogP contribution in [-0.2, 0) is 13.0 Å². The molecule has 0 amide bonds. The van der Waals surface area contributed by atoms with E-state index in [1.807, 2.05) is 24.4 Å². The van der Waals surface area contributed by atoms with Gasteiger partial charge in [0.05, 0.1) is 11.2 Å². The predicted octanol–water partition coefficient (Wildman–Crippen LogP) is 2.62. The molecule has 0 aliphatic carbocycles. The van der Waals surface area contributed by atoms with Gasteiger partial charge in [0.15, 0.2) is 0 Å². The minimum absolute atomic E-state index is 0.245. The Kier molecular flexibility index (Phi) is 3.77. The van der Waals surface area contributed by atoms with Gasteiger partial charge in [0.2, 0.25) is 5.95 Å². The van der Waals surface area contributed by atoms with Gasteiger partial charge in [-0.05, 0) is 37.6 Å². The van der Waals surface area contributed by atoms with E-state index in [1.165, 1.54) is 11.3 Å². The summed E-state index contributed by atoms with van der Waals surface area (Å²) < 4.78 is 0. The van der Waals surface area contributed by atoms with Gasteiger partial charge in [-0.2, -0.15) is 0 Å².